The number of imidazole rings is 1. The molecule has 3 N–H and O–H groups in total. The number of likely N-dealkylation sites (N-methyl/N-ethyl adjacent to an activating group) is 1. The molecule has 13 heteroatoms. The van der Waals surface area contributed by atoms with Crippen molar-refractivity contribution >= 4 is 40.8 Å². The molecule has 0 aromatic carbocycles. The van der Waals surface area contributed by atoms with E-state index < -0.39 is 11.9 Å². The molecule has 186 valence electrons. The van der Waals surface area contributed by atoms with Crippen LogP contribution in [0.4, 0.5) is 17.3 Å². The zero-order valence-corrected chi connectivity index (χ0v) is 19.8. The second-order valence-electron chi connectivity index (χ2n) is 7.93. The van der Waals surface area contributed by atoms with Gasteiger partial charge in [0.25, 0.3) is 5.91 Å². The third-order valence-electron chi connectivity index (χ3n) is 5.73. The number of allylic oxidation sites excluding steroid dienone is 2. The summed E-state index contributed by atoms with van der Waals surface area (Å²) in [7, 11) is 3.27. The Morgan fingerprint density at radius 3 is 2.81 bits per heavy atom. The zero-order valence-electron chi connectivity index (χ0n) is 19.8. The first-order valence-electron chi connectivity index (χ1n) is 11.1. The third kappa shape index (κ3) is 4.32. The molecule has 37 heavy (non-hydrogen) atoms. The van der Waals surface area contributed by atoms with Gasteiger partial charge in [-0.25, -0.2) is 29.1 Å². The molecule has 0 bridgehead atoms. The van der Waals surface area contributed by atoms with Gasteiger partial charge in [0.15, 0.2) is 28.8 Å². The van der Waals surface area contributed by atoms with Gasteiger partial charge in [0.2, 0.25) is 0 Å². The van der Waals surface area contributed by atoms with Crippen LogP contribution in [-0.4, -0.2) is 69.2 Å². The predicted octanol–water partition coefficient (Wildman–Crippen LogP) is 0.902. The summed E-state index contributed by atoms with van der Waals surface area (Å²) in [6.45, 7) is 0.0980. The van der Waals surface area contributed by atoms with E-state index in [0.717, 1.165) is 0 Å². The largest absolute Gasteiger partial charge is 0.385 e. The van der Waals surface area contributed by atoms with Gasteiger partial charge in [-0.3, -0.25) is 14.5 Å². The van der Waals surface area contributed by atoms with Crippen molar-refractivity contribution in [3.05, 3.63) is 77.8 Å². The summed E-state index contributed by atoms with van der Waals surface area (Å²) in [5.74, 6) is 4.12. The van der Waals surface area contributed by atoms with Crippen molar-refractivity contribution < 1.29 is 19.2 Å². The Morgan fingerprint density at radius 2 is 2.08 bits per heavy atom. The van der Waals surface area contributed by atoms with Crippen molar-refractivity contribution in [1.29, 1.82) is 0 Å². The monoisotopic (exact) mass is 499 g/mol. The van der Waals surface area contributed by atoms with Crippen LogP contribution in [0.2, 0.25) is 0 Å². The van der Waals surface area contributed by atoms with Crippen LogP contribution in [-0.2, 0) is 14.4 Å². The van der Waals surface area contributed by atoms with E-state index in [2.05, 4.69) is 31.0 Å². The Hall–Kier alpha value is -5.22. The van der Waals surface area contributed by atoms with Crippen LogP contribution in [0.5, 0.6) is 0 Å². The fraction of sp³-hybridized carbons (Fsp3) is 0.167. The number of aromatic nitrogens is 4. The van der Waals surface area contributed by atoms with E-state index in [-0.39, 0.29) is 23.7 Å². The summed E-state index contributed by atoms with van der Waals surface area (Å²) in [6.07, 6.45) is 8.17. The highest BCUT2D eigenvalue weighted by Crippen LogP contribution is 2.27. The number of nitrogens with zero attached hydrogens (tertiary/aromatic N) is 6. The molecule has 0 spiro atoms. The van der Waals surface area contributed by atoms with Gasteiger partial charge < -0.3 is 16.0 Å². The lowest BCUT2D eigenvalue weighted by Crippen LogP contribution is -2.38. The molecule has 3 aromatic heterocycles. The number of anilines is 3. The highest BCUT2D eigenvalue weighted by atomic mass is 16.7. The number of nitrogens with one attached hydrogen (secondary N) is 3. The molecule has 1 atom stereocenters. The predicted molar refractivity (Wildman–Crippen MR) is 133 cm³/mol. The first-order chi connectivity index (χ1) is 18.0. The van der Waals surface area contributed by atoms with Gasteiger partial charge in [-0.1, -0.05) is 6.07 Å². The molecule has 1 amide bonds. The number of amides is 1. The minimum Gasteiger partial charge on any atom is -0.385 e. The quantitative estimate of drug-likeness (QED) is 0.416. The second kappa shape index (κ2) is 9.80. The first-order valence-corrected chi connectivity index (χ1v) is 11.1. The smallest absolute Gasteiger partial charge is 0.272 e. The zero-order chi connectivity index (χ0) is 25.9. The van der Waals surface area contributed by atoms with Gasteiger partial charge >= 0.3 is 0 Å². The van der Waals surface area contributed by atoms with Crippen LogP contribution in [0.15, 0.2) is 72.1 Å². The summed E-state index contributed by atoms with van der Waals surface area (Å²) >= 11 is 0. The maximum atomic E-state index is 13.1. The van der Waals surface area contributed by atoms with Gasteiger partial charge in [-0.15, -0.1) is 5.10 Å². The average Bonchev–Trinajstić information content (AvgIpc) is 3.51. The van der Waals surface area contributed by atoms with Crippen molar-refractivity contribution in [1.82, 2.24) is 30.0 Å². The maximum absolute atomic E-state index is 13.1. The number of pyridine rings is 1. The molecule has 5 rings (SSSR count). The lowest BCUT2D eigenvalue weighted by atomic mass is 10.2. The van der Waals surface area contributed by atoms with E-state index in [9.17, 15) is 14.4 Å². The van der Waals surface area contributed by atoms with E-state index in [1.165, 1.54) is 15.8 Å². The highest BCUT2D eigenvalue weighted by molar-refractivity contribution is 5.94. The fourth-order valence-electron chi connectivity index (χ4n) is 3.94. The molecule has 0 aliphatic carbocycles. The van der Waals surface area contributed by atoms with E-state index in [1.807, 2.05) is 12.0 Å². The molecule has 0 radical (unpaired) electrons. The summed E-state index contributed by atoms with van der Waals surface area (Å²) in [4.78, 5) is 51.8. The topological polar surface area (TPSA) is 146 Å². The standard InChI is InChI=1S/C24H21N9O4/c1-25-16-10-21(28-15-6-5-9-32(20(15)13-35)22-7-3-4-8-26-22)30-33-18(11-27-23(16)33)24(36)29-17-14-37-31(2)19(17)12-34/h3-11,17,25H,14H2,1-2H3,(H,28,30)(H,29,36)/t17-/m0/s1. The van der Waals surface area contributed by atoms with Crippen LogP contribution in [0, 0.1) is 0 Å². The first kappa shape index (κ1) is 23.5. The Kier molecular flexibility index (Phi) is 6.23. The highest BCUT2D eigenvalue weighted by Gasteiger charge is 2.31. The summed E-state index contributed by atoms with van der Waals surface area (Å²) in [6, 6.07) is 6.39. The van der Waals surface area contributed by atoms with Crippen LogP contribution >= 0.6 is 0 Å². The van der Waals surface area contributed by atoms with Crippen molar-refractivity contribution in [3.63, 3.8) is 0 Å². The van der Waals surface area contributed by atoms with Crippen LogP contribution in [0.3, 0.4) is 0 Å². The normalized spacial score (nSPS) is 16.9. The number of hydrogen-bond acceptors (Lipinski definition) is 11. The van der Waals surface area contributed by atoms with E-state index in [0.29, 0.717) is 28.7 Å². The molecule has 2 aliphatic heterocycles. The van der Waals surface area contributed by atoms with Crippen molar-refractivity contribution in [2.45, 2.75) is 6.04 Å². The van der Waals surface area contributed by atoms with Crippen LogP contribution < -0.4 is 20.9 Å². The number of carbonyl (C=O) groups excluding carboxylic acids is 3. The number of fused-ring (bicyclic) bond motifs is 1. The lowest BCUT2D eigenvalue weighted by molar-refractivity contribution is -0.0687. The minimum absolute atomic E-state index is 0.0980. The number of carbonyl (C=O) groups is 1. The molecule has 0 unspecified atom stereocenters. The molecule has 5 heterocycles. The third-order valence-corrected chi connectivity index (χ3v) is 5.73. The number of rotatable bonds is 6. The number of hydroxylamine groups is 2. The van der Waals surface area contributed by atoms with Crippen molar-refractivity contribution in [2.75, 3.05) is 36.2 Å². The van der Waals surface area contributed by atoms with Crippen LogP contribution in [0.25, 0.3) is 5.65 Å². The van der Waals surface area contributed by atoms with Crippen molar-refractivity contribution in [3.8, 4) is 0 Å². The molecule has 1 fully saturated rings. The molecule has 2 aliphatic rings. The van der Waals surface area contributed by atoms with E-state index >= 15 is 0 Å². The SMILES string of the molecule is CNc1cc(NC2=CC=CN(c3ccccn3)C2=C=O)nn2c(C(=O)N[C@H]3CON(C)C3=C=O)cnc12. The average molecular weight is 499 g/mol. The minimum atomic E-state index is -0.664. The molecular weight excluding hydrogens is 478 g/mol. The van der Waals surface area contributed by atoms with Gasteiger partial charge in [-0.2, -0.15) is 0 Å². The Labute approximate surface area is 210 Å². The second-order valence-corrected chi connectivity index (χ2v) is 7.93. The Balaban J connectivity index is 1.46. The lowest BCUT2D eigenvalue weighted by Gasteiger charge is -2.24. The maximum Gasteiger partial charge on any atom is 0.272 e. The van der Waals surface area contributed by atoms with E-state index in [4.69, 9.17) is 4.84 Å². The molecule has 1 saturated heterocycles. The Morgan fingerprint density at radius 1 is 1.22 bits per heavy atom. The van der Waals surface area contributed by atoms with Gasteiger partial charge in [0, 0.05) is 32.6 Å². The van der Waals surface area contributed by atoms with Gasteiger partial charge in [-0.05, 0) is 24.3 Å². The fourth-order valence-corrected chi connectivity index (χ4v) is 3.94. The van der Waals surface area contributed by atoms with Crippen molar-refractivity contribution in [2.24, 2.45) is 0 Å². The molecular formula is C24H21N9O4. The molecule has 13 nitrogen and oxygen atoms in total. The number of hydrogen-bond donors (Lipinski definition) is 3. The summed E-state index contributed by atoms with van der Waals surface area (Å²) in [5.41, 5.74) is 1.93. The molecule has 0 saturated carbocycles. The Bertz CT molecular complexity index is 1530. The summed E-state index contributed by atoms with van der Waals surface area (Å²) < 4.78 is 1.37. The summed E-state index contributed by atoms with van der Waals surface area (Å²) in [5, 5.41) is 14.7. The molecule has 3 aromatic rings. The van der Waals surface area contributed by atoms with E-state index in [1.54, 1.807) is 67.7 Å². The van der Waals surface area contributed by atoms with Gasteiger partial charge in [0.05, 0.1) is 17.6 Å². The van der Waals surface area contributed by atoms with Crippen LogP contribution in [0.1, 0.15) is 10.5 Å². The van der Waals surface area contributed by atoms with Gasteiger partial charge in [0.1, 0.15) is 30.1 Å².